The molecule has 0 N–H and O–H groups in total. The van der Waals surface area contributed by atoms with Gasteiger partial charge in [-0.25, -0.2) is 4.39 Å². The lowest BCUT2D eigenvalue weighted by Crippen LogP contribution is -1.83. The quantitative estimate of drug-likeness (QED) is 0.588. The minimum absolute atomic E-state index is 0.370. The van der Waals surface area contributed by atoms with Gasteiger partial charge in [0.25, 0.3) is 0 Å². The van der Waals surface area contributed by atoms with E-state index in [1.165, 1.54) is 12.1 Å². The van der Waals surface area contributed by atoms with Gasteiger partial charge >= 0.3 is 0 Å². The van der Waals surface area contributed by atoms with Crippen LogP contribution in [0.4, 0.5) is 8.92 Å². The summed E-state index contributed by atoms with van der Waals surface area (Å²) in [6.07, 6.45) is 0. The van der Waals surface area contributed by atoms with E-state index < -0.39 is 5.82 Å². The van der Waals surface area contributed by atoms with E-state index in [-0.39, 0.29) is 5.75 Å². The summed E-state index contributed by atoms with van der Waals surface area (Å²) in [4.78, 5) is 3.22. The zero-order valence-corrected chi connectivity index (χ0v) is 5.40. The van der Waals surface area contributed by atoms with Crippen molar-refractivity contribution in [3.05, 3.63) is 29.6 Å². The maximum Gasteiger partial charge on any atom is 0.207 e. The first-order valence-corrected chi connectivity index (χ1v) is 2.79. The fourth-order valence-electron chi connectivity index (χ4n) is 0.668. The standard InChI is InChI=1S/C7H6F2O/c1-5-2-3-7(10-9)6(8)4-5/h2-4H,1H3. The molecule has 1 aromatic carbocycles. The summed E-state index contributed by atoms with van der Waals surface area (Å²) in [6, 6.07) is 4.01. The summed E-state index contributed by atoms with van der Waals surface area (Å²) >= 11 is 0. The molecule has 0 radical (unpaired) electrons. The summed E-state index contributed by atoms with van der Waals surface area (Å²) < 4.78 is 23.9. The largest absolute Gasteiger partial charge is 0.291 e. The van der Waals surface area contributed by atoms with Crippen LogP contribution in [-0.2, 0) is 0 Å². The molecule has 0 amide bonds. The molecule has 0 aliphatic carbocycles. The van der Waals surface area contributed by atoms with Crippen molar-refractivity contribution in [1.29, 1.82) is 0 Å². The molecular weight excluding hydrogens is 138 g/mol. The second-order valence-corrected chi connectivity index (χ2v) is 2.01. The van der Waals surface area contributed by atoms with Crippen LogP contribution in [0.1, 0.15) is 5.56 Å². The number of halogens is 2. The number of benzene rings is 1. The number of hydrogen-bond acceptors (Lipinski definition) is 1. The number of aryl methyl sites for hydroxylation is 1. The maximum atomic E-state index is 12.5. The summed E-state index contributed by atoms with van der Waals surface area (Å²) in [5, 5.41) is 0. The Morgan fingerprint density at radius 1 is 1.40 bits per heavy atom. The van der Waals surface area contributed by atoms with E-state index in [4.69, 9.17) is 0 Å². The zero-order chi connectivity index (χ0) is 7.56. The van der Waals surface area contributed by atoms with Crippen molar-refractivity contribution in [2.75, 3.05) is 0 Å². The molecule has 0 bridgehead atoms. The lowest BCUT2D eigenvalue weighted by atomic mass is 10.2. The van der Waals surface area contributed by atoms with E-state index >= 15 is 0 Å². The van der Waals surface area contributed by atoms with Crippen molar-refractivity contribution >= 4 is 0 Å². The molecule has 0 aromatic heterocycles. The van der Waals surface area contributed by atoms with Crippen LogP contribution < -0.4 is 4.94 Å². The van der Waals surface area contributed by atoms with Gasteiger partial charge in [0, 0.05) is 4.53 Å². The first kappa shape index (κ1) is 6.99. The lowest BCUT2D eigenvalue weighted by molar-refractivity contribution is -0.0107. The van der Waals surface area contributed by atoms with Crippen molar-refractivity contribution in [3.8, 4) is 5.75 Å². The summed E-state index contributed by atoms with van der Waals surface area (Å²) in [5.41, 5.74) is 0.735. The Hall–Kier alpha value is -1.12. The fourth-order valence-corrected chi connectivity index (χ4v) is 0.668. The third kappa shape index (κ3) is 1.23. The van der Waals surface area contributed by atoms with Crippen LogP contribution in [0.2, 0.25) is 0 Å². The highest BCUT2D eigenvalue weighted by atomic mass is 19.3. The Balaban J connectivity index is 3.07. The third-order valence-electron chi connectivity index (χ3n) is 1.17. The van der Waals surface area contributed by atoms with Gasteiger partial charge in [-0.1, -0.05) is 6.07 Å². The highest BCUT2D eigenvalue weighted by Crippen LogP contribution is 2.17. The lowest BCUT2D eigenvalue weighted by Gasteiger charge is -1.95. The van der Waals surface area contributed by atoms with Crippen molar-refractivity contribution in [1.82, 2.24) is 0 Å². The van der Waals surface area contributed by atoms with E-state index in [1.807, 2.05) is 0 Å². The molecule has 3 heteroatoms. The molecule has 0 fully saturated rings. The molecule has 1 aromatic rings. The Morgan fingerprint density at radius 3 is 2.60 bits per heavy atom. The Morgan fingerprint density at radius 2 is 2.10 bits per heavy atom. The molecule has 0 atom stereocenters. The van der Waals surface area contributed by atoms with Crippen LogP contribution in [0.15, 0.2) is 18.2 Å². The van der Waals surface area contributed by atoms with Gasteiger partial charge < -0.3 is 0 Å². The van der Waals surface area contributed by atoms with Crippen LogP contribution >= 0.6 is 0 Å². The van der Waals surface area contributed by atoms with Crippen LogP contribution in [0, 0.1) is 12.7 Å². The molecule has 0 unspecified atom stereocenters. The second-order valence-electron chi connectivity index (χ2n) is 2.01. The zero-order valence-electron chi connectivity index (χ0n) is 5.40. The van der Waals surface area contributed by atoms with E-state index in [9.17, 15) is 8.92 Å². The Labute approximate surface area is 57.1 Å². The normalized spacial score (nSPS) is 9.50. The molecule has 0 saturated heterocycles. The smallest absolute Gasteiger partial charge is 0.207 e. The van der Waals surface area contributed by atoms with E-state index in [0.29, 0.717) is 0 Å². The molecule has 0 saturated carbocycles. The van der Waals surface area contributed by atoms with Gasteiger partial charge in [-0.2, -0.15) is 0 Å². The van der Waals surface area contributed by atoms with E-state index in [0.717, 1.165) is 5.56 Å². The van der Waals surface area contributed by atoms with Gasteiger partial charge in [0.05, 0.1) is 0 Å². The van der Waals surface area contributed by atoms with Gasteiger partial charge in [-0.05, 0) is 24.6 Å². The topological polar surface area (TPSA) is 9.23 Å². The predicted octanol–water partition coefficient (Wildman–Crippen LogP) is 2.40. The molecule has 54 valence electrons. The second kappa shape index (κ2) is 2.64. The van der Waals surface area contributed by atoms with Gasteiger partial charge in [0.15, 0.2) is 5.82 Å². The van der Waals surface area contributed by atoms with Gasteiger partial charge in [0.2, 0.25) is 5.75 Å². The highest BCUT2D eigenvalue weighted by molar-refractivity contribution is 5.27. The molecule has 0 aliphatic rings. The summed E-state index contributed by atoms with van der Waals surface area (Å²) in [6.45, 7) is 1.71. The van der Waals surface area contributed by atoms with Crippen LogP contribution in [0.3, 0.4) is 0 Å². The monoisotopic (exact) mass is 144 g/mol. The fraction of sp³-hybridized carbons (Fsp3) is 0.143. The summed E-state index contributed by atoms with van der Waals surface area (Å²) in [5.74, 6) is -1.05. The van der Waals surface area contributed by atoms with Crippen LogP contribution in [-0.4, -0.2) is 0 Å². The highest BCUT2D eigenvalue weighted by Gasteiger charge is 2.01. The number of rotatable bonds is 1. The molecule has 0 aliphatic heterocycles. The SMILES string of the molecule is Cc1ccc(OF)c(F)c1. The minimum atomic E-state index is -0.678. The summed E-state index contributed by atoms with van der Waals surface area (Å²) in [7, 11) is 0. The molecule has 1 rings (SSSR count). The maximum absolute atomic E-state index is 12.5. The van der Waals surface area contributed by atoms with Crippen LogP contribution in [0.5, 0.6) is 5.75 Å². The van der Waals surface area contributed by atoms with Gasteiger partial charge in [-0.15, -0.1) is 0 Å². The average molecular weight is 144 g/mol. The minimum Gasteiger partial charge on any atom is -0.291 e. The molecular formula is C7H6F2O. The van der Waals surface area contributed by atoms with Gasteiger partial charge in [0.1, 0.15) is 0 Å². The van der Waals surface area contributed by atoms with Crippen molar-refractivity contribution < 1.29 is 13.9 Å². The third-order valence-corrected chi connectivity index (χ3v) is 1.17. The van der Waals surface area contributed by atoms with Gasteiger partial charge in [-0.3, -0.25) is 4.94 Å². The first-order chi connectivity index (χ1) is 4.74. The molecule has 10 heavy (non-hydrogen) atoms. The van der Waals surface area contributed by atoms with Crippen molar-refractivity contribution in [2.45, 2.75) is 6.92 Å². The molecule has 0 heterocycles. The Bertz CT molecular complexity index is 235. The molecule has 0 spiro atoms. The molecule has 1 nitrogen and oxygen atoms in total. The van der Waals surface area contributed by atoms with E-state index in [1.54, 1.807) is 13.0 Å². The average Bonchev–Trinajstić information content (AvgIpc) is 1.88. The Kier molecular flexibility index (Phi) is 1.85. The van der Waals surface area contributed by atoms with Crippen molar-refractivity contribution in [2.24, 2.45) is 0 Å². The first-order valence-electron chi connectivity index (χ1n) is 2.79. The van der Waals surface area contributed by atoms with Crippen LogP contribution in [0.25, 0.3) is 0 Å². The van der Waals surface area contributed by atoms with E-state index in [2.05, 4.69) is 4.94 Å². The number of hydrogen-bond donors (Lipinski definition) is 0. The van der Waals surface area contributed by atoms with Crippen molar-refractivity contribution in [3.63, 3.8) is 0 Å². The predicted molar refractivity (Wildman–Crippen MR) is 32.9 cm³/mol.